The first-order valence-corrected chi connectivity index (χ1v) is 9.42. The fraction of sp³-hybridized carbons (Fsp3) is 1.00. The Labute approximate surface area is 88.8 Å². The standard InChI is InChI=1S/C8H15O2PS2/c1(2-8-9-3-4-10-8)5-11-12-6-7-13-11/h8H,1-7H2. The molecule has 0 spiro atoms. The summed E-state index contributed by atoms with van der Waals surface area (Å²) in [6.07, 6.45) is 4.13. The van der Waals surface area contributed by atoms with E-state index in [4.69, 9.17) is 9.47 Å². The summed E-state index contributed by atoms with van der Waals surface area (Å²) in [5.41, 5.74) is 0. The predicted molar refractivity (Wildman–Crippen MR) is 61.6 cm³/mol. The smallest absolute Gasteiger partial charge is 0.157 e. The van der Waals surface area contributed by atoms with Gasteiger partial charge in [0.2, 0.25) is 0 Å². The molecule has 2 saturated heterocycles. The second-order valence-electron chi connectivity index (χ2n) is 3.04. The van der Waals surface area contributed by atoms with Crippen LogP contribution in [0.25, 0.3) is 0 Å². The van der Waals surface area contributed by atoms with Crippen LogP contribution >= 0.6 is 29.1 Å². The molecule has 0 saturated carbocycles. The van der Waals surface area contributed by atoms with Gasteiger partial charge < -0.3 is 9.47 Å². The fourth-order valence-corrected chi connectivity index (χ4v) is 9.53. The van der Waals surface area contributed by atoms with E-state index in [1.54, 1.807) is 0 Å². The quantitative estimate of drug-likeness (QED) is 0.701. The van der Waals surface area contributed by atoms with Crippen molar-refractivity contribution < 1.29 is 9.47 Å². The molecule has 0 bridgehead atoms. The lowest BCUT2D eigenvalue weighted by Gasteiger charge is -2.10. The van der Waals surface area contributed by atoms with Gasteiger partial charge in [-0.1, -0.05) is 0 Å². The molecule has 0 unspecified atom stereocenters. The molecule has 0 aromatic rings. The summed E-state index contributed by atoms with van der Waals surface area (Å²) in [6.45, 7) is 1.59. The van der Waals surface area contributed by atoms with Crippen LogP contribution in [-0.2, 0) is 9.47 Å². The molecule has 2 aliphatic heterocycles. The minimum absolute atomic E-state index is 0.118. The van der Waals surface area contributed by atoms with Gasteiger partial charge in [-0.3, -0.25) is 0 Å². The van der Waals surface area contributed by atoms with Crippen LogP contribution in [0.1, 0.15) is 12.8 Å². The topological polar surface area (TPSA) is 18.5 Å². The van der Waals surface area contributed by atoms with E-state index in [-0.39, 0.29) is 12.6 Å². The molecule has 2 rings (SSSR count). The molecule has 5 heteroatoms. The molecular weight excluding hydrogens is 223 g/mol. The first-order chi connectivity index (χ1) is 6.45. The lowest BCUT2D eigenvalue weighted by atomic mass is 10.3. The average molecular weight is 238 g/mol. The van der Waals surface area contributed by atoms with Gasteiger partial charge in [0.05, 0.1) is 13.2 Å². The van der Waals surface area contributed by atoms with Crippen molar-refractivity contribution in [2.24, 2.45) is 0 Å². The van der Waals surface area contributed by atoms with Crippen LogP contribution in [0.4, 0.5) is 0 Å². The molecule has 0 N–H and O–H groups in total. The molecule has 0 aromatic heterocycles. The highest BCUT2D eigenvalue weighted by Crippen LogP contribution is 2.65. The van der Waals surface area contributed by atoms with Crippen LogP contribution in [0, 0.1) is 0 Å². The van der Waals surface area contributed by atoms with E-state index in [1.165, 1.54) is 24.1 Å². The van der Waals surface area contributed by atoms with Gasteiger partial charge in [-0.15, -0.1) is 22.8 Å². The van der Waals surface area contributed by atoms with Gasteiger partial charge in [0, 0.05) is 17.8 Å². The van der Waals surface area contributed by atoms with E-state index in [0.717, 1.165) is 19.6 Å². The second kappa shape index (κ2) is 5.82. The van der Waals surface area contributed by atoms with Crippen LogP contribution in [-0.4, -0.2) is 37.2 Å². The maximum atomic E-state index is 5.39. The summed E-state index contributed by atoms with van der Waals surface area (Å²) in [7, 11) is 0. The van der Waals surface area contributed by atoms with Crippen LogP contribution in [0.5, 0.6) is 0 Å². The van der Waals surface area contributed by atoms with Crippen molar-refractivity contribution in [3.63, 3.8) is 0 Å². The minimum atomic E-state index is 0.118. The van der Waals surface area contributed by atoms with Gasteiger partial charge in [0.15, 0.2) is 6.29 Å². The number of rotatable bonds is 4. The number of ether oxygens (including phenoxy) is 2. The lowest BCUT2D eigenvalue weighted by molar-refractivity contribution is -0.0466. The highest BCUT2D eigenvalue weighted by atomic mass is 33.1. The molecule has 2 aliphatic rings. The molecule has 2 fully saturated rings. The summed E-state index contributed by atoms with van der Waals surface area (Å²) < 4.78 is 10.8. The Balaban J connectivity index is 1.52. The first-order valence-electron chi connectivity index (χ1n) is 4.72. The summed E-state index contributed by atoms with van der Waals surface area (Å²) in [6, 6.07) is 0. The Morgan fingerprint density at radius 3 is 2.54 bits per heavy atom. The van der Waals surface area contributed by atoms with Gasteiger partial charge in [0.25, 0.3) is 0 Å². The molecule has 0 aliphatic carbocycles. The fourth-order valence-electron chi connectivity index (χ4n) is 1.41. The van der Waals surface area contributed by atoms with Crippen molar-refractivity contribution in [3.8, 4) is 0 Å². The maximum absolute atomic E-state index is 5.39. The third-order valence-corrected chi connectivity index (χ3v) is 10.1. The summed E-state index contributed by atoms with van der Waals surface area (Å²) >= 11 is 4.34. The molecule has 0 atom stereocenters. The summed E-state index contributed by atoms with van der Waals surface area (Å²) in [5.74, 6) is 2.74. The average Bonchev–Trinajstić information content (AvgIpc) is 2.75. The van der Waals surface area contributed by atoms with Crippen molar-refractivity contribution in [2.45, 2.75) is 19.1 Å². The van der Waals surface area contributed by atoms with Crippen LogP contribution in [0.3, 0.4) is 0 Å². The molecule has 0 amide bonds. The minimum Gasteiger partial charge on any atom is -0.350 e. The van der Waals surface area contributed by atoms with Crippen molar-refractivity contribution in [1.82, 2.24) is 0 Å². The third-order valence-electron chi connectivity index (χ3n) is 2.03. The zero-order valence-corrected chi connectivity index (χ0v) is 10.1. The molecule has 0 radical (unpaired) electrons. The highest BCUT2D eigenvalue weighted by molar-refractivity contribution is 8.89. The van der Waals surface area contributed by atoms with Gasteiger partial charge in [-0.25, -0.2) is 0 Å². The number of hydrogen-bond acceptors (Lipinski definition) is 4. The summed E-state index contributed by atoms with van der Waals surface area (Å²) in [5, 5.41) is 0. The Bertz CT molecular complexity index is 131. The van der Waals surface area contributed by atoms with Crippen LogP contribution < -0.4 is 0 Å². The Morgan fingerprint density at radius 1 is 1.15 bits per heavy atom. The van der Waals surface area contributed by atoms with Gasteiger partial charge in [-0.2, -0.15) is 0 Å². The van der Waals surface area contributed by atoms with E-state index in [0.29, 0.717) is 0 Å². The Morgan fingerprint density at radius 2 is 1.85 bits per heavy atom. The predicted octanol–water partition coefficient (Wildman–Crippen LogP) is 2.93. The van der Waals surface area contributed by atoms with Crippen molar-refractivity contribution in [3.05, 3.63) is 0 Å². The molecule has 13 heavy (non-hydrogen) atoms. The van der Waals surface area contributed by atoms with E-state index >= 15 is 0 Å². The van der Waals surface area contributed by atoms with Gasteiger partial charge in [-0.05, 0) is 19.0 Å². The van der Waals surface area contributed by atoms with E-state index in [1.807, 2.05) is 0 Å². The van der Waals surface area contributed by atoms with Gasteiger partial charge in [0.1, 0.15) is 0 Å². The normalized spacial score (nSPS) is 25.8. The monoisotopic (exact) mass is 238 g/mol. The molecule has 0 aromatic carbocycles. The molecule has 2 heterocycles. The number of hydrogen-bond donors (Lipinski definition) is 0. The SMILES string of the molecule is C(CC1OCCO1)CP1SCCS1. The molecular formula is C8H15O2PS2. The lowest BCUT2D eigenvalue weighted by Crippen LogP contribution is -2.07. The van der Waals surface area contributed by atoms with Crippen molar-refractivity contribution >= 4 is 29.1 Å². The third kappa shape index (κ3) is 3.60. The first kappa shape index (κ1) is 10.6. The van der Waals surface area contributed by atoms with E-state index in [9.17, 15) is 0 Å². The summed E-state index contributed by atoms with van der Waals surface area (Å²) in [4.78, 5) is 0. The maximum Gasteiger partial charge on any atom is 0.157 e. The van der Waals surface area contributed by atoms with Crippen LogP contribution in [0.15, 0.2) is 0 Å². The van der Waals surface area contributed by atoms with Gasteiger partial charge >= 0.3 is 0 Å². The highest BCUT2D eigenvalue weighted by Gasteiger charge is 2.19. The molecule has 2 nitrogen and oxygen atoms in total. The zero-order valence-electron chi connectivity index (χ0n) is 7.61. The largest absolute Gasteiger partial charge is 0.350 e. The second-order valence-corrected chi connectivity index (χ2v) is 10.4. The Kier molecular flexibility index (Phi) is 4.73. The Hall–Kier alpha value is 1.05. The zero-order chi connectivity index (χ0) is 8.93. The van der Waals surface area contributed by atoms with Crippen LogP contribution in [0.2, 0.25) is 0 Å². The van der Waals surface area contributed by atoms with Crippen molar-refractivity contribution in [1.29, 1.82) is 0 Å². The van der Waals surface area contributed by atoms with E-state index in [2.05, 4.69) is 22.8 Å². The van der Waals surface area contributed by atoms with E-state index < -0.39 is 0 Å². The van der Waals surface area contributed by atoms with Crippen molar-refractivity contribution in [2.75, 3.05) is 30.9 Å². The molecule has 76 valence electrons.